The monoisotopic (exact) mass is 392 g/mol. The third kappa shape index (κ3) is 5.35. The van der Waals surface area contributed by atoms with Gasteiger partial charge >= 0.3 is 0 Å². The van der Waals surface area contributed by atoms with Gasteiger partial charge < -0.3 is 9.80 Å². The maximum atomic E-state index is 12.9. The number of halogens is 1. The summed E-state index contributed by atoms with van der Waals surface area (Å²) in [5.74, 6) is -0.764. The maximum Gasteiger partial charge on any atom is 0.241 e. The molecule has 0 aromatic heterocycles. The van der Waals surface area contributed by atoms with Crippen LogP contribution in [0.1, 0.15) is 5.56 Å². The van der Waals surface area contributed by atoms with Crippen molar-refractivity contribution in [2.24, 2.45) is 0 Å². The zero-order valence-corrected chi connectivity index (χ0v) is 15.7. The van der Waals surface area contributed by atoms with Gasteiger partial charge in [0.15, 0.2) is 0 Å². The first kappa shape index (κ1) is 19.5. The molecule has 0 bridgehead atoms. The fourth-order valence-electron chi connectivity index (χ4n) is 3.10. The number of sulfonamides is 1. The number of hydrogen-bond donors (Lipinski definition) is 2. The molecule has 1 aliphatic heterocycles. The van der Waals surface area contributed by atoms with E-state index in [1.54, 1.807) is 4.90 Å². The standard InChI is InChI=1S/C19H22FN3O3S/c20-17-6-8-18(9-7-17)27(25,26)21-14-19(24)23-12-10-22(11-13-23)15-16-4-2-1-3-5-16/h1-9,21H,10-15H2/p+1. The van der Waals surface area contributed by atoms with E-state index in [1.807, 2.05) is 18.2 Å². The molecule has 0 radical (unpaired) electrons. The Morgan fingerprint density at radius 3 is 2.30 bits per heavy atom. The Kier molecular flexibility index (Phi) is 6.20. The Morgan fingerprint density at radius 2 is 1.67 bits per heavy atom. The van der Waals surface area contributed by atoms with Crippen molar-refractivity contribution in [3.8, 4) is 0 Å². The maximum absolute atomic E-state index is 12.9. The van der Waals surface area contributed by atoms with E-state index in [1.165, 1.54) is 22.6 Å². The van der Waals surface area contributed by atoms with E-state index >= 15 is 0 Å². The Morgan fingerprint density at radius 1 is 1.04 bits per heavy atom. The number of nitrogens with one attached hydrogen (secondary N) is 2. The molecular weight excluding hydrogens is 369 g/mol. The molecule has 3 rings (SSSR count). The van der Waals surface area contributed by atoms with Gasteiger partial charge in [-0.05, 0) is 24.3 Å². The quantitative estimate of drug-likeness (QED) is 0.729. The lowest BCUT2D eigenvalue weighted by molar-refractivity contribution is -0.917. The third-order valence-electron chi connectivity index (χ3n) is 4.66. The minimum absolute atomic E-state index is 0.0613. The van der Waals surface area contributed by atoms with Gasteiger partial charge in [0.1, 0.15) is 12.4 Å². The molecular formula is C19H23FN3O3S+. The van der Waals surface area contributed by atoms with E-state index in [4.69, 9.17) is 0 Å². The van der Waals surface area contributed by atoms with Gasteiger partial charge in [0, 0.05) is 5.56 Å². The van der Waals surface area contributed by atoms with Crippen LogP contribution < -0.4 is 9.62 Å². The van der Waals surface area contributed by atoms with Crippen molar-refractivity contribution in [1.29, 1.82) is 0 Å². The fraction of sp³-hybridized carbons (Fsp3) is 0.316. The van der Waals surface area contributed by atoms with Gasteiger partial charge in [0.25, 0.3) is 0 Å². The molecule has 27 heavy (non-hydrogen) atoms. The van der Waals surface area contributed by atoms with Gasteiger partial charge in [0.05, 0.1) is 37.6 Å². The number of piperazine rings is 1. The van der Waals surface area contributed by atoms with E-state index in [9.17, 15) is 17.6 Å². The van der Waals surface area contributed by atoms with Crippen LogP contribution in [-0.2, 0) is 21.4 Å². The zero-order chi connectivity index (χ0) is 19.3. The van der Waals surface area contributed by atoms with Crippen LogP contribution in [0.5, 0.6) is 0 Å². The molecule has 0 aliphatic carbocycles. The van der Waals surface area contributed by atoms with Crippen LogP contribution in [0, 0.1) is 5.82 Å². The molecule has 0 spiro atoms. The van der Waals surface area contributed by atoms with Gasteiger partial charge in [-0.2, -0.15) is 0 Å². The summed E-state index contributed by atoms with van der Waals surface area (Å²) in [7, 11) is -3.83. The summed E-state index contributed by atoms with van der Waals surface area (Å²) in [6.07, 6.45) is 0. The zero-order valence-electron chi connectivity index (χ0n) is 14.9. The van der Waals surface area contributed by atoms with Crippen molar-refractivity contribution in [3.63, 3.8) is 0 Å². The van der Waals surface area contributed by atoms with Crippen molar-refractivity contribution < 1.29 is 22.5 Å². The van der Waals surface area contributed by atoms with Crippen LogP contribution in [0.3, 0.4) is 0 Å². The van der Waals surface area contributed by atoms with Crippen LogP contribution in [0.25, 0.3) is 0 Å². The number of carbonyl (C=O) groups is 1. The van der Waals surface area contributed by atoms with Crippen molar-refractivity contribution in [2.75, 3.05) is 32.7 Å². The summed E-state index contributed by atoms with van der Waals surface area (Å²) in [4.78, 5) is 15.3. The summed E-state index contributed by atoms with van der Waals surface area (Å²) < 4.78 is 39.6. The molecule has 2 aromatic rings. The Hall–Kier alpha value is -2.29. The molecule has 1 aliphatic rings. The van der Waals surface area contributed by atoms with Crippen LogP contribution in [0.2, 0.25) is 0 Å². The van der Waals surface area contributed by atoms with E-state index in [-0.39, 0.29) is 17.3 Å². The average Bonchev–Trinajstić information content (AvgIpc) is 2.68. The molecule has 2 N–H and O–H groups in total. The summed E-state index contributed by atoms with van der Waals surface area (Å²) in [5.41, 5.74) is 1.26. The molecule has 1 fully saturated rings. The first-order valence-corrected chi connectivity index (χ1v) is 10.3. The second-order valence-corrected chi connectivity index (χ2v) is 8.34. The highest BCUT2D eigenvalue weighted by Crippen LogP contribution is 2.09. The second-order valence-electron chi connectivity index (χ2n) is 6.57. The molecule has 0 atom stereocenters. The lowest BCUT2D eigenvalue weighted by Gasteiger charge is -2.32. The van der Waals surface area contributed by atoms with E-state index in [0.717, 1.165) is 31.8 Å². The van der Waals surface area contributed by atoms with Gasteiger partial charge in [-0.3, -0.25) is 4.79 Å². The van der Waals surface area contributed by atoms with E-state index < -0.39 is 15.8 Å². The van der Waals surface area contributed by atoms with Crippen LogP contribution in [0.15, 0.2) is 59.5 Å². The third-order valence-corrected chi connectivity index (χ3v) is 6.07. The highest BCUT2D eigenvalue weighted by Gasteiger charge is 2.25. The predicted molar refractivity (Wildman–Crippen MR) is 99.0 cm³/mol. The molecule has 1 heterocycles. The topological polar surface area (TPSA) is 70.9 Å². The first-order valence-electron chi connectivity index (χ1n) is 8.84. The molecule has 144 valence electrons. The predicted octanol–water partition coefficient (Wildman–Crippen LogP) is 0.0313. The minimum Gasteiger partial charge on any atom is -0.330 e. The summed E-state index contributed by atoms with van der Waals surface area (Å²) in [6.45, 7) is 3.46. The van der Waals surface area contributed by atoms with Crippen molar-refractivity contribution in [2.45, 2.75) is 11.4 Å². The average molecular weight is 392 g/mol. The normalized spacial score (nSPS) is 15.7. The Labute approximate surface area is 158 Å². The largest absolute Gasteiger partial charge is 0.330 e. The molecule has 8 heteroatoms. The first-order chi connectivity index (χ1) is 12.9. The SMILES string of the molecule is O=C(CNS(=O)(=O)c1ccc(F)cc1)N1CC[NH+](Cc2ccccc2)CC1. The molecule has 1 amide bonds. The molecule has 0 unspecified atom stereocenters. The van der Waals surface area contributed by atoms with Crippen LogP contribution in [-0.4, -0.2) is 51.9 Å². The smallest absolute Gasteiger partial charge is 0.241 e. The van der Waals surface area contributed by atoms with Gasteiger partial charge in [-0.1, -0.05) is 30.3 Å². The van der Waals surface area contributed by atoms with Gasteiger partial charge in [0.2, 0.25) is 15.9 Å². The molecule has 0 saturated carbocycles. The Bertz CT molecular complexity index is 865. The highest BCUT2D eigenvalue weighted by atomic mass is 32.2. The number of carbonyl (C=O) groups excluding carboxylic acids is 1. The summed E-state index contributed by atoms with van der Waals surface area (Å²) >= 11 is 0. The van der Waals surface area contributed by atoms with Gasteiger partial charge in [-0.15, -0.1) is 0 Å². The van der Waals surface area contributed by atoms with Crippen molar-refractivity contribution in [1.82, 2.24) is 9.62 Å². The minimum atomic E-state index is -3.83. The summed E-state index contributed by atoms with van der Waals surface area (Å²) in [5, 5.41) is 0. The number of rotatable bonds is 6. The van der Waals surface area contributed by atoms with Crippen molar-refractivity contribution >= 4 is 15.9 Å². The summed E-state index contributed by atoms with van der Waals surface area (Å²) in [6, 6.07) is 14.7. The van der Waals surface area contributed by atoms with E-state index in [2.05, 4.69) is 16.9 Å². The fourth-order valence-corrected chi connectivity index (χ4v) is 4.07. The van der Waals surface area contributed by atoms with E-state index in [0.29, 0.717) is 13.1 Å². The lowest BCUT2D eigenvalue weighted by Crippen LogP contribution is -3.13. The number of benzene rings is 2. The number of nitrogens with zero attached hydrogens (tertiary/aromatic N) is 1. The number of quaternary nitrogens is 1. The highest BCUT2D eigenvalue weighted by molar-refractivity contribution is 7.89. The number of amides is 1. The molecule has 6 nitrogen and oxygen atoms in total. The van der Waals surface area contributed by atoms with Crippen LogP contribution >= 0.6 is 0 Å². The number of hydrogen-bond acceptors (Lipinski definition) is 3. The Balaban J connectivity index is 1.47. The molecule has 2 aromatic carbocycles. The second kappa shape index (κ2) is 8.60. The van der Waals surface area contributed by atoms with Crippen LogP contribution in [0.4, 0.5) is 4.39 Å². The van der Waals surface area contributed by atoms with Crippen molar-refractivity contribution in [3.05, 3.63) is 66.0 Å². The van der Waals surface area contributed by atoms with Gasteiger partial charge in [-0.25, -0.2) is 17.5 Å². The molecule has 1 saturated heterocycles. The lowest BCUT2D eigenvalue weighted by atomic mass is 10.2.